The smallest absolute Gasteiger partial charge is 0.262 e. The molecule has 2 amide bonds. The molecule has 132 valence electrons. The molecule has 1 heterocycles. The van der Waals surface area contributed by atoms with Gasteiger partial charge in [0.2, 0.25) is 5.91 Å². The normalized spacial score (nSPS) is 13.4. The van der Waals surface area contributed by atoms with Gasteiger partial charge in [0, 0.05) is 13.0 Å². The Bertz CT molecular complexity index is 892. The predicted octanol–water partition coefficient (Wildman–Crippen LogP) is 3.36. The van der Waals surface area contributed by atoms with Crippen LogP contribution in [0.25, 0.3) is 0 Å². The number of carbonyl (C=O) groups is 2. The molecule has 1 aliphatic heterocycles. The van der Waals surface area contributed by atoms with E-state index < -0.39 is 0 Å². The lowest BCUT2D eigenvalue weighted by Gasteiger charge is -2.20. The minimum atomic E-state index is -0.371. The first-order valence-electron chi connectivity index (χ1n) is 8.10. The lowest BCUT2D eigenvalue weighted by Crippen LogP contribution is -2.26. The molecule has 6 nitrogen and oxygen atoms in total. The Hall–Kier alpha value is -3.04. The van der Waals surface area contributed by atoms with Crippen LogP contribution in [-0.2, 0) is 9.59 Å². The summed E-state index contributed by atoms with van der Waals surface area (Å²) >= 11 is 6.03. The third-order valence-corrected chi connectivity index (χ3v) is 4.26. The van der Waals surface area contributed by atoms with Crippen LogP contribution in [0.5, 0.6) is 5.75 Å². The van der Waals surface area contributed by atoms with Crippen molar-refractivity contribution < 1.29 is 14.3 Å². The summed E-state index contributed by atoms with van der Waals surface area (Å²) in [7, 11) is 0. The van der Waals surface area contributed by atoms with Crippen LogP contribution in [0.1, 0.15) is 18.4 Å². The van der Waals surface area contributed by atoms with Crippen LogP contribution in [0.3, 0.4) is 0 Å². The molecule has 1 aliphatic rings. The highest BCUT2D eigenvalue weighted by Gasteiger charge is 2.24. The van der Waals surface area contributed by atoms with Crippen molar-refractivity contribution in [1.82, 2.24) is 0 Å². The number of ether oxygens (including phenoxy) is 1. The lowest BCUT2D eigenvalue weighted by molar-refractivity contribution is -0.118. The predicted molar refractivity (Wildman–Crippen MR) is 98.3 cm³/mol. The summed E-state index contributed by atoms with van der Waals surface area (Å²) in [5.41, 5.74) is 1.65. The fourth-order valence-corrected chi connectivity index (χ4v) is 2.97. The first-order valence-corrected chi connectivity index (χ1v) is 8.48. The molecular weight excluding hydrogens is 354 g/mol. The largest absolute Gasteiger partial charge is 0.482 e. The summed E-state index contributed by atoms with van der Waals surface area (Å²) in [5.74, 6) is 0.000609. The standard InChI is InChI=1S/C19H16ClN3O3/c20-14-10-13(11-21)7-8-17(14)26-12-18(24)22-15-4-1-2-5-16(15)23-9-3-6-19(23)25/h1-2,4-5,7-8,10H,3,6,9,12H2,(H,22,24). The van der Waals surface area contributed by atoms with E-state index in [1.54, 1.807) is 35.2 Å². The SMILES string of the molecule is N#Cc1ccc(OCC(=O)Nc2ccccc2N2CCCC2=O)c(Cl)c1. The van der Waals surface area contributed by atoms with Gasteiger partial charge in [0.1, 0.15) is 5.75 Å². The van der Waals surface area contributed by atoms with Crippen molar-refractivity contribution in [2.24, 2.45) is 0 Å². The number of carbonyl (C=O) groups excluding carboxylic acids is 2. The van der Waals surface area contributed by atoms with E-state index in [2.05, 4.69) is 5.32 Å². The molecule has 1 fully saturated rings. The van der Waals surface area contributed by atoms with E-state index >= 15 is 0 Å². The third-order valence-electron chi connectivity index (χ3n) is 3.96. The van der Waals surface area contributed by atoms with Gasteiger partial charge in [-0.05, 0) is 36.8 Å². The maximum absolute atomic E-state index is 12.2. The van der Waals surface area contributed by atoms with E-state index in [4.69, 9.17) is 21.6 Å². The molecule has 2 aromatic rings. The van der Waals surface area contributed by atoms with Crippen molar-refractivity contribution >= 4 is 34.8 Å². The van der Waals surface area contributed by atoms with Crippen LogP contribution >= 0.6 is 11.6 Å². The van der Waals surface area contributed by atoms with Crippen molar-refractivity contribution in [3.8, 4) is 11.8 Å². The van der Waals surface area contributed by atoms with Crippen LogP contribution in [0.2, 0.25) is 5.02 Å². The van der Waals surface area contributed by atoms with Crippen molar-refractivity contribution in [2.45, 2.75) is 12.8 Å². The number of amides is 2. The van der Waals surface area contributed by atoms with Crippen molar-refractivity contribution in [2.75, 3.05) is 23.4 Å². The van der Waals surface area contributed by atoms with Gasteiger partial charge in [-0.25, -0.2) is 0 Å². The minimum absolute atomic E-state index is 0.0484. The zero-order valence-corrected chi connectivity index (χ0v) is 14.6. The average molecular weight is 370 g/mol. The fourth-order valence-electron chi connectivity index (χ4n) is 2.73. The van der Waals surface area contributed by atoms with Crippen LogP contribution in [0.15, 0.2) is 42.5 Å². The van der Waals surface area contributed by atoms with Gasteiger partial charge in [-0.15, -0.1) is 0 Å². The number of anilines is 2. The molecule has 0 bridgehead atoms. The summed E-state index contributed by atoms with van der Waals surface area (Å²) in [6.45, 7) is 0.400. The second-order valence-electron chi connectivity index (χ2n) is 5.76. The monoisotopic (exact) mass is 369 g/mol. The Morgan fingerprint density at radius 1 is 1.31 bits per heavy atom. The zero-order chi connectivity index (χ0) is 18.5. The van der Waals surface area contributed by atoms with Crippen molar-refractivity contribution in [3.05, 3.63) is 53.1 Å². The molecule has 0 radical (unpaired) electrons. The van der Waals surface area contributed by atoms with E-state index in [1.807, 2.05) is 12.1 Å². The molecule has 0 spiro atoms. The summed E-state index contributed by atoms with van der Waals surface area (Å²) in [6, 6.07) is 13.7. The Morgan fingerprint density at radius 2 is 2.12 bits per heavy atom. The summed E-state index contributed by atoms with van der Waals surface area (Å²) in [6.07, 6.45) is 1.32. The molecule has 1 N–H and O–H groups in total. The number of hydrogen-bond donors (Lipinski definition) is 1. The van der Waals surface area contributed by atoms with E-state index in [9.17, 15) is 9.59 Å². The highest BCUT2D eigenvalue weighted by molar-refractivity contribution is 6.32. The Kier molecular flexibility index (Phi) is 5.40. The van der Waals surface area contributed by atoms with Gasteiger partial charge in [-0.1, -0.05) is 23.7 Å². The van der Waals surface area contributed by atoms with Gasteiger partial charge >= 0.3 is 0 Å². The number of para-hydroxylation sites is 2. The van der Waals surface area contributed by atoms with Crippen LogP contribution in [-0.4, -0.2) is 25.0 Å². The molecule has 7 heteroatoms. The van der Waals surface area contributed by atoms with E-state index in [1.165, 1.54) is 6.07 Å². The number of nitriles is 1. The van der Waals surface area contributed by atoms with Gasteiger partial charge in [0.05, 0.1) is 28.0 Å². The Morgan fingerprint density at radius 3 is 2.81 bits per heavy atom. The van der Waals surface area contributed by atoms with E-state index in [0.29, 0.717) is 35.7 Å². The minimum Gasteiger partial charge on any atom is -0.482 e. The third kappa shape index (κ3) is 3.95. The quantitative estimate of drug-likeness (QED) is 0.876. The van der Waals surface area contributed by atoms with Gasteiger partial charge in [-0.2, -0.15) is 5.26 Å². The molecule has 1 saturated heterocycles. The molecule has 0 aromatic heterocycles. The summed E-state index contributed by atoms with van der Waals surface area (Å²) in [5, 5.41) is 11.9. The second-order valence-corrected chi connectivity index (χ2v) is 6.17. The fraction of sp³-hybridized carbons (Fsp3) is 0.211. The van der Waals surface area contributed by atoms with Crippen molar-refractivity contribution in [3.63, 3.8) is 0 Å². The van der Waals surface area contributed by atoms with Crippen LogP contribution in [0, 0.1) is 11.3 Å². The molecule has 2 aromatic carbocycles. The molecule has 0 atom stereocenters. The number of benzene rings is 2. The maximum Gasteiger partial charge on any atom is 0.262 e. The summed E-state index contributed by atoms with van der Waals surface area (Å²) in [4.78, 5) is 25.9. The van der Waals surface area contributed by atoms with Gasteiger partial charge < -0.3 is 15.0 Å². The lowest BCUT2D eigenvalue weighted by atomic mass is 10.2. The van der Waals surface area contributed by atoms with E-state index in [0.717, 1.165) is 6.42 Å². The Balaban J connectivity index is 1.66. The molecule has 3 rings (SSSR count). The number of rotatable bonds is 5. The molecular formula is C19H16ClN3O3. The molecule has 26 heavy (non-hydrogen) atoms. The Labute approximate surface area is 155 Å². The highest BCUT2D eigenvalue weighted by atomic mass is 35.5. The molecule has 0 aliphatic carbocycles. The highest BCUT2D eigenvalue weighted by Crippen LogP contribution is 2.29. The first-order chi connectivity index (χ1) is 12.6. The number of hydrogen-bond acceptors (Lipinski definition) is 4. The average Bonchev–Trinajstić information content (AvgIpc) is 3.07. The molecule has 0 saturated carbocycles. The summed E-state index contributed by atoms with van der Waals surface area (Å²) < 4.78 is 5.42. The number of nitrogens with zero attached hydrogens (tertiary/aromatic N) is 2. The molecule has 0 unspecified atom stereocenters. The zero-order valence-electron chi connectivity index (χ0n) is 13.9. The van der Waals surface area contributed by atoms with Crippen LogP contribution < -0.4 is 15.0 Å². The van der Waals surface area contributed by atoms with Gasteiger partial charge in [-0.3, -0.25) is 9.59 Å². The van der Waals surface area contributed by atoms with E-state index in [-0.39, 0.29) is 23.4 Å². The van der Waals surface area contributed by atoms with Gasteiger partial charge in [0.15, 0.2) is 6.61 Å². The van der Waals surface area contributed by atoms with Crippen molar-refractivity contribution in [1.29, 1.82) is 5.26 Å². The number of nitrogens with one attached hydrogen (secondary N) is 1. The van der Waals surface area contributed by atoms with Gasteiger partial charge in [0.25, 0.3) is 5.91 Å². The maximum atomic E-state index is 12.2. The topological polar surface area (TPSA) is 82.4 Å². The first kappa shape index (κ1) is 17.8. The second kappa shape index (κ2) is 7.89. The van der Waals surface area contributed by atoms with Crippen LogP contribution in [0.4, 0.5) is 11.4 Å². The number of halogens is 1.